The van der Waals surface area contributed by atoms with E-state index >= 15 is 0 Å². The number of carbonyl (C=O) groups is 1. The van der Waals surface area contributed by atoms with Gasteiger partial charge in [-0.3, -0.25) is 15.2 Å². The van der Waals surface area contributed by atoms with E-state index in [0.717, 1.165) is 4.57 Å². The van der Waals surface area contributed by atoms with Gasteiger partial charge in [0.1, 0.15) is 11.2 Å². The van der Waals surface area contributed by atoms with Crippen LogP contribution in [0.1, 0.15) is 13.8 Å². The van der Waals surface area contributed by atoms with E-state index in [-0.39, 0.29) is 44.1 Å². The molecule has 0 bridgehead atoms. The summed E-state index contributed by atoms with van der Waals surface area (Å²) in [5.74, 6) is 0.464. The standard InChI is InChI=1S/C22H17Cl2N7O3/c1-22(2)19(32)28-14-8-10(6-7-15(14)34-22)27-20-26-9-11-17(25)31(21(33)30-18(11)29-20)16-12(23)4-3-5-13(16)24/h3-9,25H,1-2H3,(H,28,32)(H2,26,27,29,30,33). The Kier molecular flexibility index (Phi) is 5.07. The van der Waals surface area contributed by atoms with Crippen LogP contribution >= 0.6 is 23.2 Å². The summed E-state index contributed by atoms with van der Waals surface area (Å²) in [6, 6.07) is 9.96. The fourth-order valence-corrected chi connectivity index (χ4v) is 4.09. The first-order valence-electron chi connectivity index (χ1n) is 10.1. The number of amides is 1. The van der Waals surface area contributed by atoms with E-state index in [1.54, 1.807) is 50.2 Å². The molecule has 0 spiro atoms. The molecule has 0 unspecified atom stereocenters. The van der Waals surface area contributed by atoms with Crippen molar-refractivity contribution in [2.45, 2.75) is 19.4 Å². The summed E-state index contributed by atoms with van der Waals surface area (Å²) in [6.45, 7) is 3.37. The Morgan fingerprint density at radius 2 is 1.88 bits per heavy atom. The van der Waals surface area contributed by atoms with Gasteiger partial charge in [0.2, 0.25) is 5.95 Å². The van der Waals surface area contributed by atoms with Gasteiger partial charge in [0.05, 0.1) is 26.8 Å². The van der Waals surface area contributed by atoms with Crippen LogP contribution in [0, 0.1) is 5.41 Å². The number of anilines is 3. The van der Waals surface area contributed by atoms with E-state index in [1.165, 1.54) is 6.20 Å². The molecule has 4 aromatic rings. The van der Waals surface area contributed by atoms with E-state index in [0.29, 0.717) is 17.1 Å². The van der Waals surface area contributed by atoms with Crippen LogP contribution in [0.5, 0.6) is 5.75 Å². The number of hydrogen-bond donors (Lipinski definition) is 4. The van der Waals surface area contributed by atoms with Crippen molar-refractivity contribution in [1.82, 2.24) is 19.5 Å². The third-order valence-corrected chi connectivity index (χ3v) is 5.86. The molecule has 0 saturated heterocycles. The number of rotatable bonds is 3. The molecule has 0 saturated carbocycles. The normalized spacial score (nSPS) is 14.3. The lowest BCUT2D eigenvalue weighted by atomic mass is 10.1. The molecule has 2 aromatic carbocycles. The third kappa shape index (κ3) is 3.66. The van der Waals surface area contributed by atoms with Crippen LogP contribution in [-0.4, -0.2) is 31.0 Å². The number of halogens is 2. The van der Waals surface area contributed by atoms with E-state index < -0.39 is 11.3 Å². The minimum Gasteiger partial charge on any atom is -0.476 e. The summed E-state index contributed by atoms with van der Waals surface area (Å²) in [4.78, 5) is 36.2. The Bertz CT molecular complexity index is 1590. The fourth-order valence-electron chi connectivity index (χ4n) is 3.52. The summed E-state index contributed by atoms with van der Waals surface area (Å²) in [5.41, 5.74) is -0.316. The van der Waals surface area contributed by atoms with E-state index in [4.69, 9.17) is 33.3 Å². The fraction of sp³-hybridized carbons (Fsp3) is 0.136. The van der Waals surface area contributed by atoms with Crippen LogP contribution < -0.4 is 26.5 Å². The Hall–Kier alpha value is -3.89. The maximum absolute atomic E-state index is 12.8. The summed E-state index contributed by atoms with van der Waals surface area (Å²) >= 11 is 12.5. The highest BCUT2D eigenvalue weighted by atomic mass is 35.5. The van der Waals surface area contributed by atoms with Crippen molar-refractivity contribution in [3.63, 3.8) is 0 Å². The number of aromatic amines is 1. The quantitative estimate of drug-likeness (QED) is 0.340. The highest BCUT2D eigenvalue weighted by Crippen LogP contribution is 2.36. The third-order valence-electron chi connectivity index (χ3n) is 5.25. The molecule has 2 aromatic heterocycles. The largest absolute Gasteiger partial charge is 0.476 e. The van der Waals surface area contributed by atoms with Crippen LogP contribution in [0.15, 0.2) is 47.4 Å². The summed E-state index contributed by atoms with van der Waals surface area (Å²) in [5, 5.41) is 15.1. The molecule has 0 radical (unpaired) electrons. The van der Waals surface area contributed by atoms with Gasteiger partial charge in [-0.25, -0.2) is 14.3 Å². The van der Waals surface area contributed by atoms with E-state index in [1.807, 2.05) is 0 Å². The molecule has 0 atom stereocenters. The number of ether oxygens (including phenoxy) is 1. The molecule has 5 rings (SSSR count). The monoisotopic (exact) mass is 497 g/mol. The van der Waals surface area contributed by atoms with Crippen molar-refractivity contribution in [3.05, 3.63) is 68.6 Å². The zero-order chi connectivity index (χ0) is 24.2. The van der Waals surface area contributed by atoms with Gasteiger partial charge in [-0.2, -0.15) is 4.98 Å². The van der Waals surface area contributed by atoms with E-state index in [2.05, 4.69) is 25.6 Å². The summed E-state index contributed by atoms with van der Waals surface area (Å²) in [6.07, 6.45) is 1.41. The van der Waals surface area contributed by atoms with Crippen LogP contribution in [0.4, 0.5) is 17.3 Å². The second-order valence-electron chi connectivity index (χ2n) is 8.04. The molecule has 12 heteroatoms. The number of carbonyl (C=O) groups excluding carboxylic acids is 1. The molecule has 0 fully saturated rings. The van der Waals surface area contributed by atoms with Crippen molar-refractivity contribution >= 4 is 57.5 Å². The molecule has 0 aliphatic carbocycles. The smallest absolute Gasteiger partial charge is 0.333 e. The number of aromatic nitrogens is 4. The zero-order valence-corrected chi connectivity index (χ0v) is 19.4. The Morgan fingerprint density at radius 1 is 1.15 bits per heavy atom. The van der Waals surface area contributed by atoms with Crippen LogP contribution in [0.2, 0.25) is 10.0 Å². The Balaban J connectivity index is 1.52. The lowest BCUT2D eigenvalue weighted by Crippen LogP contribution is -2.45. The molecular weight excluding hydrogens is 481 g/mol. The van der Waals surface area contributed by atoms with Gasteiger partial charge in [0.15, 0.2) is 11.2 Å². The molecular formula is C22H17Cl2N7O3. The van der Waals surface area contributed by atoms with Crippen molar-refractivity contribution < 1.29 is 9.53 Å². The number of benzene rings is 2. The Morgan fingerprint density at radius 3 is 2.62 bits per heavy atom. The van der Waals surface area contributed by atoms with Crippen LogP contribution in [0.25, 0.3) is 16.7 Å². The van der Waals surface area contributed by atoms with Gasteiger partial charge in [-0.1, -0.05) is 29.3 Å². The molecule has 1 aliphatic heterocycles. The maximum Gasteiger partial charge on any atom is 0.333 e. The average molecular weight is 498 g/mol. The predicted octanol–water partition coefficient (Wildman–Crippen LogP) is 3.75. The molecule has 1 aliphatic rings. The average Bonchev–Trinajstić information content (AvgIpc) is 2.76. The van der Waals surface area contributed by atoms with Gasteiger partial charge in [0.25, 0.3) is 5.91 Å². The van der Waals surface area contributed by atoms with Crippen molar-refractivity contribution in [2.24, 2.45) is 0 Å². The zero-order valence-electron chi connectivity index (χ0n) is 17.9. The van der Waals surface area contributed by atoms with Crippen LogP contribution in [0.3, 0.4) is 0 Å². The number of nitrogens with zero attached hydrogens (tertiary/aromatic N) is 3. The van der Waals surface area contributed by atoms with Crippen molar-refractivity contribution in [1.29, 1.82) is 5.41 Å². The highest BCUT2D eigenvalue weighted by Gasteiger charge is 2.35. The summed E-state index contributed by atoms with van der Waals surface area (Å²) < 4.78 is 6.80. The predicted molar refractivity (Wildman–Crippen MR) is 128 cm³/mol. The number of nitrogens with one attached hydrogen (secondary N) is 4. The molecule has 3 heterocycles. The highest BCUT2D eigenvalue weighted by molar-refractivity contribution is 6.37. The van der Waals surface area contributed by atoms with E-state index in [9.17, 15) is 9.59 Å². The Labute approximate surface area is 202 Å². The van der Waals surface area contributed by atoms with Crippen molar-refractivity contribution in [3.8, 4) is 11.4 Å². The number of H-pyrrole nitrogens is 1. The molecule has 172 valence electrons. The van der Waals surface area contributed by atoms with Gasteiger partial charge in [0, 0.05) is 11.9 Å². The number of hydrogen-bond acceptors (Lipinski definition) is 7. The second kappa shape index (κ2) is 7.86. The molecule has 1 amide bonds. The minimum atomic E-state index is -0.964. The number of para-hydroxylation sites is 1. The van der Waals surface area contributed by atoms with Gasteiger partial charge >= 0.3 is 5.69 Å². The molecule has 34 heavy (non-hydrogen) atoms. The first-order valence-corrected chi connectivity index (χ1v) is 10.8. The SMILES string of the molecule is CC1(C)Oc2ccc(Nc3ncc4c(=N)n(-c5c(Cl)cccc5Cl)c(=O)[nH]c4n3)cc2NC1=O. The maximum atomic E-state index is 12.8. The molecule has 10 nitrogen and oxygen atoms in total. The molecule has 4 N–H and O–H groups in total. The van der Waals surface area contributed by atoms with Gasteiger partial charge < -0.3 is 15.4 Å². The summed E-state index contributed by atoms with van der Waals surface area (Å²) in [7, 11) is 0. The first-order chi connectivity index (χ1) is 16.1. The second-order valence-corrected chi connectivity index (χ2v) is 8.86. The topological polar surface area (TPSA) is 138 Å². The number of fused-ring (bicyclic) bond motifs is 2. The lowest BCUT2D eigenvalue weighted by Gasteiger charge is -2.31. The minimum absolute atomic E-state index is 0.156. The van der Waals surface area contributed by atoms with Gasteiger partial charge in [-0.15, -0.1) is 0 Å². The van der Waals surface area contributed by atoms with Gasteiger partial charge in [-0.05, 0) is 44.2 Å². The first kappa shape index (κ1) is 21.9. The van der Waals surface area contributed by atoms with Crippen LogP contribution in [-0.2, 0) is 4.79 Å². The van der Waals surface area contributed by atoms with Crippen molar-refractivity contribution in [2.75, 3.05) is 10.6 Å². The lowest BCUT2D eigenvalue weighted by molar-refractivity contribution is -0.129.